The van der Waals surface area contributed by atoms with Crippen LogP contribution < -0.4 is 0 Å². The molecule has 0 bridgehead atoms. The second-order valence-corrected chi connectivity index (χ2v) is 16.3. The van der Waals surface area contributed by atoms with Crippen molar-refractivity contribution in [3.05, 3.63) is 143 Å². The topological polar surface area (TPSA) is 50.9 Å². The first kappa shape index (κ1) is 35.2. The molecule has 2 aliphatic carbocycles. The molecule has 0 saturated heterocycles. The Morgan fingerprint density at radius 2 is 1.23 bits per heavy atom. The molecular weight excluding hydrogens is 830 g/mol. The number of phenols is 1. The first-order chi connectivity index (χ1) is 24.9. The number of hydrogen-bond donors (Lipinski definition) is 1. The van der Waals surface area contributed by atoms with Gasteiger partial charge >= 0.3 is 0 Å². The normalized spacial score (nSPS) is 14.6. The van der Waals surface area contributed by atoms with Gasteiger partial charge in [-0.25, -0.2) is 4.98 Å². The van der Waals surface area contributed by atoms with Crippen LogP contribution in [0.1, 0.15) is 101 Å². The molecule has 0 atom stereocenters. The number of aromatic hydroxyl groups is 1. The molecule has 2 aromatic heterocycles. The smallest absolute Gasteiger partial charge is 0.124 e. The van der Waals surface area contributed by atoms with E-state index in [-0.39, 0.29) is 37.6 Å². The minimum Gasteiger partial charge on any atom is -0.507 e. The maximum Gasteiger partial charge on any atom is 0.124 e. The van der Waals surface area contributed by atoms with Crippen LogP contribution >= 0.6 is 0 Å². The third kappa shape index (κ3) is 5.05. The number of fused-ring (bicyclic) bond motifs is 8. The number of nitrogens with zero attached hydrogens (tertiary/aromatic N) is 3. The summed E-state index contributed by atoms with van der Waals surface area (Å²) in [7, 11) is 0. The molecule has 53 heavy (non-hydrogen) atoms. The zero-order chi connectivity index (χ0) is 36.3. The van der Waals surface area contributed by atoms with Crippen LogP contribution in [0.2, 0.25) is 0 Å². The van der Waals surface area contributed by atoms with Gasteiger partial charge in [0, 0.05) is 37.7 Å². The molecule has 0 radical (unpaired) electrons. The fourth-order valence-electron chi connectivity index (χ4n) is 8.98. The minimum absolute atomic E-state index is 0. The van der Waals surface area contributed by atoms with Crippen molar-refractivity contribution in [3.8, 4) is 56.5 Å². The van der Waals surface area contributed by atoms with E-state index in [2.05, 4.69) is 145 Å². The molecule has 268 valence electrons. The van der Waals surface area contributed by atoms with E-state index in [1.165, 1.54) is 50.2 Å². The van der Waals surface area contributed by atoms with Gasteiger partial charge in [-0.2, -0.15) is 0 Å². The van der Waals surface area contributed by atoms with Gasteiger partial charge in [0.1, 0.15) is 5.75 Å². The molecule has 5 aromatic carbocycles. The summed E-state index contributed by atoms with van der Waals surface area (Å²) in [4.78, 5) is 10.7. The SMILES string of the molecule is CC(C)c1cccc(C(C)C)c1-n1c(-c2[c-]c3c(cc2)C(C)(C)c2ccc4c(c2-3)-c2nc(-c3ccccc3O)ccc2C4(C)C)nc2ccccc21.[Pt]. The van der Waals surface area contributed by atoms with Crippen molar-refractivity contribution in [1.82, 2.24) is 14.5 Å². The Labute approximate surface area is 327 Å². The van der Waals surface area contributed by atoms with Crippen LogP contribution in [0.3, 0.4) is 0 Å². The predicted molar refractivity (Wildman–Crippen MR) is 214 cm³/mol. The number of hydrogen-bond acceptors (Lipinski definition) is 3. The van der Waals surface area contributed by atoms with Crippen molar-refractivity contribution in [2.24, 2.45) is 0 Å². The van der Waals surface area contributed by atoms with Crippen LogP contribution in [-0.2, 0) is 31.9 Å². The van der Waals surface area contributed by atoms with Crippen LogP contribution in [0.4, 0.5) is 0 Å². The Balaban J connectivity index is 0.00000400. The van der Waals surface area contributed by atoms with E-state index in [1.54, 1.807) is 6.07 Å². The maximum absolute atomic E-state index is 10.8. The Kier molecular flexibility index (Phi) is 8.24. The van der Waals surface area contributed by atoms with E-state index < -0.39 is 0 Å². The Hall–Kier alpha value is -4.79. The molecular formula is C48H44N3OPt-. The van der Waals surface area contributed by atoms with E-state index in [0.717, 1.165) is 44.9 Å². The summed E-state index contributed by atoms with van der Waals surface area (Å²) in [6, 6.07) is 40.2. The molecule has 0 unspecified atom stereocenters. The summed E-state index contributed by atoms with van der Waals surface area (Å²) in [6.45, 7) is 18.4. The first-order valence-corrected chi connectivity index (χ1v) is 18.6. The van der Waals surface area contributed by atoms with Crippen LogP contribution in [0.5, 0.6) is 5.75 Å². The predicted octanol–water partition coefficient (Wildman–Crippen LogP) is 12.1. The molecule has 0 amide bonds. The zero-order valence-electron chi connectivity index (χ0n) is 31.6. The van der Waals surface area contributed by atoms with E-state index in [9.17, 15) is 5.11 Å². The molecule has 2 heterocycles. The van der Waals surface area contributed by atoms with Crippen LogP contribution in [0, 0.1) is 6.07 Å². The quantitative estimate of drug-likeness (QED) is 0.175. The summed E-state index contributed by atoms with van der Waals surface area (Å²) < 4.78 is 2.40. The van der Waals surface area contributed by atoms with Crippen molar-refractivity contribution in [2.75, 3.05) is 0 Å². The fraction of sp³-hybridized carbons (Fsp3) is 0.250. The second kappa shape index (κ2) is 12.4. The number of aromatic nitrogens is 3. The molecule has 1 N–H and O–H groups in total. The van der Waals surface area contributed by atoms with Gasteiger partial charge in [0.05, 0.1) is 28.2 Å². The molecule has 9 rings (SSSR count). The monoisotopic (exact) mass is 873 g/mol. The largest absolute Gasteiger partial charge is 0.507 e. The van der Waals surface area contributed by atoms with Gasteiger partial charge in [0.15, 0.2) is 0 Å². The maximum atomic E-state index is 10.8. The number of imidazole rings is 1. The first-order valence-electron chi connectivity index (χ1n) is 18.6. The van der Waals surface area contributed by atoms with Gasteiger partial charge in [-0.1, -0.05) is 133 Å². The summed E-state index contributed by atoms with van der Waals surface area (Å²) in [5.41, 5.74) is 17.4. The van der Waals surface area contributed by atoms with Crippen molar-refractivity contribution < 1.29 is 26.2 Å². The van der Waals surface area contributed by atoms with Crippen LogP contribution in [-0.4, -0.2) is 19.6 Å². The van der Waals surface area contributed by atoms with Gasteiger partial charge in [-0.3, -0.25) is 4.98 Å². The van der Waals surface area contributed by atoms with Crippen LogP contribution in [0.25, 0.3) is 61.8 Å². The summed E-state index contributed by atoms with van der Waals surface area (Å²) in [5, 5.41) is 10.8. The Morgan fingerprint density at radius 1 is 0.623 bits per heavy atom. The average molecular weight is 874 g/mol. The molecule has 5 heteroatoms. The number of phenolic OH excluding ortho intramolecular Hbond substituents is 1. The molecule has 0 saturated carbocycles. The van der Waals surface area contributed by atoms with Gasteiger partial charge in [-0.05, 0) is 75.4 Å². The van der Waals surface area contributed by atoms with E-state index in [4.69, 9.17) is 9.97 Å². The summed E-state index contributed by atoms with van der Waals surface area (Å²) in [5.74, 6) is 1.80. The van der Waals surface area contributed by atoms with E-state index >= 15 is 0 Å². The van der Waals surface area contributed by atoms with Crippen molar-refractivity contribution in [2.45, 2.75) is 78.1 Å². The summed E-state index contributed by atoms with van der Waals surface area (Å²) in [6.07, 6.45) is 0. The Bertz CT molecular complexity index is 2580. The number of rotatable bonds is 5. The number of pyridine rings is 1. The van der Waals surface area contributed by atoms with Crippen LogP contribution in [0.15, 0.2) is 103 Å². The minimum atomic E-state index is -0.240. The molecule has 7 aromatic rings. The Morgan fingerprint density at radius 3 is 1.92 bits per heavy atom. The van der Waals surface area contributed by atoms with E-state index in [0.29, 0.717) is 11.8 Å². The fourth-order valence-corrected chi connectivity index (χ4v) is 8.98. The van der Waals surface area contributed by atoms with Gasteiger partial charge < -0.3 is 9.67 Å². The standard InChI is InChI=1S/C48H44N3O.Pt/c1-27(2)30-15-13-16-31(28(3)4)45(30)51-40-18-11-10-17-39(40)50-46(51)29-20-21-34-33(26-29)42-35(47(34,5)6)22-23-36-43(42)44-37(48(36,7)8)24-25-38(49-44)32-14-9-12-19-41(32)52;/h9-25,27-28,52H,1-8H3;/q-1;. The van der Waals surface area contributed by atoms with Crippen molar-refractivity contribution in [1.29, 1.82) is 0 Å². The van der Waals surface area contributed by atoms with E-state index in [1.807, 2.05) is 18.2 Å². The molecule has 2 aliphatic rings. The van der Waals surface area contributed by atoms with Gasteiger partial charge in [0.25, 0.3) is 0 Å². The molecule has 0 spiro atoms. The average Bonchev–Trinajstić information content (AvgIpc) is 3.71. The molecule has 4 nitrogen and oxygen atoms in total. The second-order valence-electron chi connectivity index (χ2n) is 16.3. The molecule has 0 aliphatic heterocycles. The molecule has 0 fully saturated rings. The number of para-hydroxylation sites is 4. The van der Waals surface area contributed by atoms with Crippen molar-refractivity contribution >= 4 is 11.0 Å². The van der Waals surface area contributed by atoms with Crippen molar-refractivity contribution in [3.63, 3.8) is 0 Å². The number of benzene rings is 5. The third-order valence-electron chi connectivity index (χ3n) is 11.8. The van der Waals surface area contributed by atoms with Gasteiger partial charge in [-0.15, -0.1) is 29.3 Å². The zero-order valence-corrected chi connectivity index (χ0v) is 33.8. The van der Waals surface area contributed by atoms with Gasteiger partial charge in [0.2, 0.25) is 0 Å². The third-order valence-corrected chi connectivity index (χ3v) is 11.8. The summed E-state index contributed by atoms with van der Waals surface area (Å²) >= 11 is 0.